The van der Waals surface area contributed by atoms with Crippen LogP contribution in [0.5, 0.6) is 5.75 Å². The molecule has 0 spiro atoms. The molecule has 0 aromatic heterocycles. The third-order valence-electron chi connectivity index (χ3n) is 3.96. The average Bonchev–Trinajstić information content (AvgIpc) is 2.37. The summed E-state index contributed by atoms with van der Waals surface area (Å²) in [5, 5.41) is 18.8. The first kappa shape index (κ1) is 15.4. The Morgan fingerprint density at radius 2 is 2.10 bits per heavy atom. The van der Waals surface area contributed by atoms with Crippen molar-refractivity contribution in [3.63, 3.8) is 0 Å². The number of piperidine rings is 1. The van der Waals surface area contributed by atoms with Crippen molar-refractivity contribution >= 4 is 12.6 Å². The highest BCUT2D eigenvalue weighted by Crippen LogP contribution is 2.29. The summed E-state index contributed by atoms with van der Waals surface area (Å²) in [6, 6.07) is 5.62. The fourth-order valence-electron chi connectivity index (χ4n) is 3.02. The summed E-state index contributed by atoms with van der Waals surface area (Å²) >= 11 is 0. The van der Waals surface area contributed by atoms with Gasteiger partial charge in [0.05, 0.1) is 7.11 Å². The lowest BCUT2D eigenvalue weighted by atomic mass is 9.78. The van der Waals surface area contributed by atoms with Crippen LogP contribution in [0, 0.1) is 5.41 Å². The first-order chi connectivity index (χ1) is 9.41. The molecular weight excluding hydrogens is 253 g/mol. The van der Waals surface area contributed by atoms with Crippen molar-refractivity contribution in [3.05, 3.63) is 23.8 Å². The molecular formula is C15H24BNO3. The molecule has 1 fully saturated rings. The summed E-state index contributed by atoms with van der Waals surface area (Å²) in [5.74, 6) is 0.516. The van der Waals surface area contributed by atoms with Crippen molar-refractivity contribution in [3.8, 4) is 5.75 Å². The van der Waals surface area contributed by atoms with Gasteiger partial charge < -0.3 is 14.8 Å². The van der Waals surface area contributed by atoms with Gasteiger partial charge in [0.15, 0.2) is 0 Å². The molecule has 1 heterocycles. The SMILES string of the molecule is COc1ccc(CN2CCCC(C)(C)C2)cc1B(O)O. The van der Waals surface area contributed by atoms with Gasteiger partial charge in [-0.1, -0.05) is 26.0 Å². The van der Waals surface area contributed by atoms with E-state index in [0.29, 0.717) is 16.6 Å². The Hall–Kier alpha value is -1.04. The number of hydrogen-bond acceptors (Lipinski definition) is 4. The Balaban J connectivity index is 2.11. The van der Waals surface area contributed by atoms with Gasteiger partial charge >= 0.3 is 7.12 Å². The molecule has 1 aliphatic rings. The minimum Gasteiger partial charge on any atom is -0.497 e. The van der Waals surface area contributed by atoms with E-state index in [1.165, 1.54) is 20.0 Å². The van der Waals surface area contributed by atoms with E-state index in [1.807, 2.05) is 12.1 Å². The average molecular weight is 277 g/mol. The molecule has 0 bridgehead atoms. The second-order valence-corrected chi connectivity index (χ2v) is 6.43. The summed E-state index contributed by atoms with van der Waals surface area (Å²) in [6.07, 6.45) is 2.49. The number of likely N-dealkylation sites (tertiary alicyclic amines) is 1. The van der Waals surface area contributed by atoms with Crippen LogP contribution in [-0.2, 0) is 6.54 Å². The molecule has 1 aromatic carbocycles. The van der Waals surface area contributed by atoms with Crippen LogP contribution in [0.3, 0.4) is 0 Å². The van der Waals surface area contributed by atoms with Gasteiger partial charge in [-0.05, 0) is 36.4 Å². The van der Waals surface area contributed by atoms with Crippen LogP contribution < -0.4 is 10.2 Å². The maximum absolute atomic E-state index is 9.41. The van der Waals surface area contributed by atoms with Crippen LogP contribution in [0.2, 0.25) is 0 Å². The number of methoxy groups -OCH3 is 1. The monoisotopic (exact) mass is 277 g/mol. The second kappa shape index (κ2) is 6.16. The fraction of sp³-hybridized carbons (Fsp3) is 0.600. The molecule has 1 aliphatic heterocycles. The van der Waals surface area contributed by atoms with Crippen LogP contribution in [0.4, 0.5) is 0 Å². The van der Waals surface area contributed by atoms with E-state index in [4.69, 9.17) is 4.74 Å². The van der Waals surface area contributed by atoms with Crippen LogP contribution in [0.25, 0.3) is 0 Å². The lowest BCUT2D eigenvalue weighted by molar-refractivity contribution is 0.111. The Bertz CT molecular complexity index is 462. The van der Waals surface area contributed by atoms with E-state index < -0.39 is 7.12 Å². The highest BCUT2D eigenvalue weighted by Gasteiger charge is 2.26. The smallest absolute Gasteiger partial charge is 0.492 e. The number of rotatable bonds is 4. The minimum absolute atomic E-state index is 0.365. The first-order valence-electron chi connectivity index (χ1n) is 7.16. The predicted molar refractivity (Wildman–Crippen MR) is 81.1 cm³/mol. The molecule has 110 valence electrons. The van der Waals surface area contributed by atoms with E-state index in [2.05, 4.69) is 18.7 Å². The zero-order chi connectivity index (χ0) is 14.8. The highest BCUT2D eigenvalue weighted by atomic mass is 16.5. The topological polar surface area (TPSA) is 52.9 Å². The summed E-state index contributed by atoms with van der Waals surface area (Å²) in [6.45, 7) is 7.63. The number of hydrogen-bond donors (Lipinski definition) is 2. The molecule has 0 atom stereocenters. The third-order valence-corrected chi connectivity index (χ3v) is 3.96. The van der Waals surface area contributed by atoms with Crippen molar-refractivity contribution in [1.29, 1.82) is 0 Å². The van der Waals surface area contributed by atoms with E-state index >= 15 is 0 Å². The Labute approximate surface area is 121 Å². The van der Waals surface area contributed by atoms with Crippen molar-refractivity contribution in [2.24, 2.45) is 5.41 Å². The number of nitrogens with zero attached hydrogens (tertiary/aromatic N) is 1. The van der Waals surface area contributed by atoms with Gasteiger partial charge in [0.25, 0.3) is 0 Å². The number of ether oxygens (including phenoxy) is 1. The van der Waals surface area contributed by atoms with Gasteiger partial charge in [0.1, 0.15) is 5.75 Å². The molecule has 20 heavy (non-hydrogen) atoms. The van der Waals surface area contributed by atoms with Crippen molar-refractivity contribution < 1.29 is 14.8 Å². The quantitative estimate of drug-likeness (QED) is 0.806. The second-order valence-electron chi connectivity index (χ2n) is 6.43. The zero-order valence-electron chi connectivity index (χ0n) is 12.6. The molecule has 2 rings (SSSR count). The maximum Gasteiger partial charge on any atom is 0.492 e. The van der Waals surface area contributed by atoms with Crippen LogP contribution in [0.15, 0.2) is 18.2 Å². The fourth-order valence-corrected chi connectivity index (χ4v) is 3.02. The van der Waals surface area contributed by atoms with E-state index in [9.17, 15) is 10.0 Å². The Morgan fingerprint density at radius 3 is 2.70 bits per heavy atom. The van der Waals surface area contributed by atoms with Gasteiger partial charge in [-0.15, -0.1) is 0 Å². The summed E-state index contributed by atoms with van der Waals surface area (Å²) in [5.41, 5.74) is 1.89. The van der Waals surface area contributed by atoms with Crippen LogP contribution in [0.1, 0.15) is 32.3 Å². The van der Waals surface area contributed by atoms with E-state index in [1.54, 1.807) is 6.07 Å². The largest absolute Gasteiger partial charge is 0.497 e. The van der Waals surface area contributed by atoms with Crippen molar-refractivity contribution in [2.75, 3.05) is 20.2 Å². The van der Waals surface area contributed by atoms with Gasteiger partial charge in [0.2, 0.25) is 0 Å². The molecule has 4 nitrogen and oxygen atoms in total. The molecule has 0 radical (unpaired) electrons. The lowest BCUT2D eigenvalue weighted by Crippen LogP contribution is -2.40. The zero-order valence-corrected chi connectivity index (χ0v) is 12.6. The predicted octanol–water partition coefficient (Wildman–Crippen LogP) is 0.997. The molecule has 0 aliphatic carbocycles. The number of benzene rings is 1. The molecule has 0 unspecified atom stereocenters. The summed E-state index contributed by atoms with van der Waals surface area (Å²) < 4.78 is 5.15. The highest BCUT2D eigenvalue weighted by molar-refractivity contribution is 6.59. The summed E-state index contributed by atoms with van der Waals surface area (Å²) in [4.78, 5) is 2.43. The van der Waals surface area contributed by atoms with Gasteiger partial charge in [-0.3, -0.25) is 4.90 Å². The van der Waals surface area contributed by atoms with Crippen LogP contribution in [-0.4, -0.2) is 42.3 Å². The standard InChI is InChI=1S/C15H24BNO3/c1-15(2)7-4-8-17(11-15)10-12-5-6-14(20-3)13(9-12)16(18)19/h5-6,9,18-19H,4,7-8,10-11H2,1-3H3. The summed E-state index contributed by atoms with van der Waals surface area (Å²) in [7, 11) is 0.0383. The molecule has 0 saturated carbocycles. The first-order valence-corrected chi connectivity index (χ1v) is 7.16. The third kappa shape index (κ3) is 3.75. The molecule has 5 heteroatoms. The van der Waals surface area contributed by atoms with Gasteiger partial charge in [-0.2, -0.15) is 0 Å². The van der Waals surface area contributed by atoms with Gasteiger partial charge in [0, 0.05) is 18.6 Å². The van der Waals surface area contributed by atoms with E-state index in [-0.39, 0.29) is 0 Å². The molecule has 2 N–H and O–H groups in total. The maximum atomic E-state index is 9.41. The van der Waals surface area contributed by atoms with E-state index in [0.717, 1.165) is 25.2 Å². The van der Waals surface area contributed by atoms with Crippen molar-refractivity contribution in [1.82, 2.24) is 4.90 Å². The van der Waals surface area contributed by atoms with Gasteiger partial charge in [-0.25, -0.2) is 0 Å². The minimum atomic E-state index is -1.50. The molecule has 0 amide bonds. The lowest BCUT2D eigenvalue weighted by Gasteiger charge is -2.38. The Morgan fingerprint density at radius 1 is 1.35 bits per heavy atom. The van der Waals surface area contributed by atoms with Crippen molar-refractivity contribution in [2.45, 2.75) is 33.2 Å². The Kier molecular flexibility index (Phi) is 4.73. The normalized spacial score (nSPS) is 18.9. The molecule has 1 saturated heterocycles. The van der Waals surface area contributed by atoms with Crippen LogP contribution >= 0.6 is 0 Å². The molecule has 1 aromatic rings.